The SMILES string of the molecule is O=C(CC1COCCN1)NCCCN1CCOCC1. The van der Waals surface area contributed by atoms with Gasteiger partial charge in [0, 0.05) is 38.6 Å². The van der Waals surface area contributed by atoms with E-state index < -0.39 is 0 Å². The Morgan fingerprint density at radius 3 is 2.84 bits per heavy atom. The predicted octanol–water partition coefficient (Wildman–Crippen LogP) is -0.797. The number of hydrogen-bond donors (Lipinski definition) is 2. The zero-order chi connectivity index (χ0) is 13.3. The zero-order valence-corrected chi connectivity index (χ0v) is 11.5. The first-order chi connectivity index (χ1) is 9.34. The number of amides is 1. The average molecular weight is 271 g/mol. The molecule has 0 aromatic heterocycles. The minimum atomic E-state index is 0.116. The topological polar surface area (TPSA) is 62.8 Å². The molecule has 0 aromatic carbocycles. The Balaban J connectivity index is 1.48. The van der Waals surface area contributed by atoms with Gasteiger partial charge in [-0.2, -0.15) is 0 Å². The molecule has 2 aliphatic heterocycles. The molecule has 2 saturated heterocycles. The fourth-order valence-electron chi connectivity index (χ4n) is 2.40. The van der Waals surface area contributed by atoms with E-state index in [9.17, 15) is 4.79 Å². The maximum Gasteiger partial charge on any atom is 0.221 e. The average Bonchev–Trinajstić information content (AvgIpc) is 2.46. The standard InChI is InChI=1S/C13H25N3O3/c17-13(10-12-11-19-7-3-14-12)15-2-1-4-16-5-8-18-9-6-16/h12,14H,1-11H2,(H,15,17). The van der Waals surface area contributed by atoms with Crippen molar-refractivity contribution in [2.24, 2.45) is 0 Å². The molecule has 0 bridgehead atoms. The highest BCUT2D eigenvalue weighted by molar-refractivity contribution is 5.76. The van der Waals surface area contributed by atoms with Gasteiger partial charge in [0.15, 0.2) is 0 Å². The van der Waals surface area contributed by atoms with Crippen LogP contribution in [0, 0.1) is 0 Å². The fraction of sp³-hybridized carbons (Fsp3) is 0.923. The Kier molecular flexibility index (Phi) is 6.56. The minimum absolute atomic E-state index is 0.116. The molecule has 1 atom stereocenters. The van der Waals surface area contributed by atoms with Crippen LogP contribution in [0.2, 0.25) is 0 Å². The second kappa shape index (κ2) is 8.47. The fourth-order valence-corrected chi connectivity index (χ4v) is 2.40. The molecule has 2 heterocycles. The third-order valence-electron chi connectivity index (χ3n) is 3.51. The summed E-state index contributed by atoms with van der Waals surface area (Å²) in [4.78, 5) is 14.1. The number of morpholine rings is 2. The van der Waals surface area contributed by atoms with Crippen molar-refractivity contribution in [2.75, 3.05) is 59.2 Å². The van der Waals surface area contributed by atoms with Gasteiger partial charge in [-0.1, -0.05) is 0 Å². The first-order valence-corrected chi connectivity index (χ1v) is 7.22. The van der Waals surface area contributed by atoms with Gasteiger partial charge in [-0.05, 0) is 13.0 Å². The first kappa shape index (κ1) is 14.7. The summed E-state index contributed by atoms with van der Waals surface area (Å²) in [6, 6.07) is 0.174. The normalized spacial score (nSPS) is 25.2. The summed E-state index contributed by atoms with van der Waals surface area (Å²) in [5.74, 6) is 0.116. The summed E-state index contributed by atoms with van der Waals surface area (Å²) in [5, 5.41) is 6.26. The predicted molar refractivity (Wildman–Crippen MR) is 72.1 cm³/mol. The molecule has 2 fully saturated rings. The summed E-state index contributed by atoms with van der Waals surface area (Å²) in [6.07, 6.45) is 1.51. The molecule has 2 N–H and O–H groups in total. The van der Waals surface area contributed by atoms with E-state index in [4.69, 9.17) is 9.47 Å². The molecule has 1 unspecified atom stereocenters. The quantitative estimate of drug-likeness (QED) is 0.620. The van der Waals surface area contributed by atoms with Crippen LogP contribution in [0.1, 0.15) is 12.8 Å². The Labute approximate surface area is 114 Å². The molecule has 0 aromatic rings. The number of rotatable bonds is 6. The molecule has 0 radical (unpaired) electrons. The number of nitrogens with one attached hydrogen (secondary N) is 2. The maximum atomic E-state index is 11.7. The Morgan fingerprint density at radius 1 is 1.26 bits per heavy atom. The van der Waals surface area contributed by atoms with E-state index in [1.807, 2.05) is 0 Å². The van der Waals surface area contributed by atoms with Gasteiger partial charge >= 0.3 is 0 Å². The van der Waals surface area contributed by atoms with E-state index in [1.165, 1.54) is 0 Å². The van der Waals surface area contributed by atoms with Crippen LogP contribution in [0.5, 0.6) is 0 Å². The second-order valence-corrected chi connectivity index (χ2v) is 5.09. The van der Waals surface area contributed by atoms with Crippen molar-refractivity contribution < 1.29 is 14.3 Å². The minimum Gasteiger partial charge on any atom is -0.379 e. The molecular weight excluding hydrogens is 246 g/mol. The van der Waals surface area contributed by atoms with E-state index in [-0.39, 0.29) is 11.9 Å². The third kappa shape index (κ3) is 5.86. The van der Waals surface area contributed by atoms with Crippen LogP contribution in [-0.2, 0) is 14.3 Å². The largest absolute Gasteiger partial charge is 0.379 e. The van der Waals surface area contributed by atoms with Gasteiger partial charge in [-0.15, -0.1) is 0 Å². The van der Waals surface area contributed by atoms with Crippen molar-refractivity contribution in [3.05, 3.63) is 0 Å². The molecule has 0 aliphatic carbocycles. The molecule has 2 rings (SSSR count). The van der Waals surface area contributed by atoms with Gasteiger partial charge in [0.2, 0.25) is 5.91 Å². The maximum absolute atomic E-state index is 11.7. The Hall–Kier alpha value is -0.690. The van der Waals surface area contributed by atoms with Gasteiger partial charge < -0.3 is 20.1 Å². The van der Waals surface area contributed by atoms with Crippen molar-refractivity contribution in [3.8, 4) is 0 Å². The van der Waals surface area contributed by atoms with E-state index in [2.05, 4.69) is 15.5 Å². The summed E-state index contributed by atoms with van der Waals surface area (Å²) >= 11 is 0. The molecule has 0 saturated carbocycles. The van der Waals surface area contributed by atoms with Crippen LogP contribution >= 0.6 is 0 Å². The van der Waals surface area contributed by atoms with Crippen LogP contribution in [0.3, 0.4) is 0 Å². The van der Waals surface area contributed by atoms with Crippen molar-refractivity contribution in [1.82, 2.24) is 15.5 Å². The highest BCUT2D eigenvalue weighted by Crippen LogP contribution is 1.99. The molecule has 2 aliphatic rings. The Morgan fingerprint density at radius 2 is 2.11 bits per heavy atom. The van der Waals surface area contributed by atoms with E-state index >= 15 is 0 Å². The summed E-state index contributed by atoms with van der Waals surface area (Å²) < 4.78 is 10.6. The van der Waals surface area contributed by atoms with Gasteiger partial charge in [0.05, 0.1) is 26.4 Å². The number of ether oxygens (including phenoxy) is 2. The smallest absolute Gasteiger partial charge is 0.221 e. The summed E-state index contributed by atoms with van der Waals surface area (Å²) in [7, 11) is 0. The molecule has 6 heteroatoms. The van der Waals surface area contributed by atoms with Gasteiger partial charge in [-0.3, -0.25) is 9.69 Å². The molecular formula is C13H25N3O3. The van der Waals surface area contributed by atoms with E-state index in [1.54, 1.807) is 0 Å². The molecule has 1 amide bonds. The van der Waals surface area contributed by atoms with E-state index in [0.717, 1.165) is 59.0 Å². The lowest BCUT2D eigenvalue weighted by molar-refractivity contribution is -0.122. The van der Waals surface area contributed by atoms with Crippen LogP contribution in [-0.4, -0.2) is 76.0 Å². The number of carbonyl (C=O) groups is 1. The van der Waals surface area contributed by atoms with Crippen LogP contribution in [0.4, 0.5) is 0 Å². The number of carbonyl (C=O) groups excluding carboxylic acids is 1. The van der Waals surface area contributed by atoms with Crippen LogP contribution < -0.4 is 10.6 Å². The van der Waals surface area contributed by atoms with Crippen molar-refractivity contribution in [2.45, 2.75) is 18.9 Å². The highest BCUT2D eigenvalue weighted by Gasteiger charge is 2.16. The third-order valence-corrected chi connectivity index (χ3v) is 3.51. The summed E-state index contributed by atoms with van der Waals surface area (Å²) in [6.45, 7) is 7.71. The van der Waals surface area contributed by atoms with Gasteiger partial charge in [0.25, 0.3) is 0 Å². The molecule has 6 nitrogen and oxygen atoms in total. The first-order valence-electron chi connectivity index (χ1n) is 7.22. The lowest BCUT2D eigenvalue weighted by atomic mass is 10.2. The van der Waals surface area contributed by atoms with Crippen molar-refractivity contribution in [1.29, 1.82) is 0 Å². The number of hydrogen-bond acceptors (Lipinski definition) is 5. The lowest BCUT2D eigenvalue weighted by Gasteiger charge is -2.26. The molecule has 110 valence electrons. The van der Waals surface area contributed by atoms with Gasteiger partial charge in [0.1, 0.15) is 0 Å². The highest BCUT2D eigenvalue weighted by atomic mass is 16.5. The van der Waals surface area contributed by atoms with Crippen molar-refractivity contribution >= 4 is 5.91 Å². The molecule has 0 spiro atoms. The van der Waals surface area contributed by atoms with Gasteiger partial charge in [-0.25, -0.2) is 0 Å². The second-order valence-electron chi connectivity index (χ2n) is 5.09. The van der Waals surface area contributed by atoms with Crippen LogP contribution in [0.15, 0.2) is 0 Å². The van der Waals surface area contributed by atoms with Crippen LogP contribution in [0.25, 0.3) is 0 Å². The summed E-state index contributed by atoms with van der Waals surface area (Å²) in [5.41, 5.74) is 0. The molecule has 19 heavy (non-hydrogen) atoms. The van der Waals surface area contributed by atoms with E-state index in [0.29, 0.717) is 13.0 Å². The Bertz CT molecular complexity index is 264. The number of nitrogens with zero attached hydrogens (tertiary/aromatic N) is 1. The zero-order valence-electron chi connectivity index (χ0n) is 11.5. The van der Waals surface area contributed by atoms with Crippen molar-refractivity contribution in [3.63, 3.8) is 0 Å². The monoisotopic (exact) mass is 271 g/mol. The lowest BCUT2D eigenvalue weighted by Crippen LogP contribution is -2.44.